The first kappa shape index (κ1) is 18.1. The van der Waals surface area contributed by atoms with Gasteiger partial charge in [0.15, 0.2) is 0 Å². The lowest BCUT2D eigenvalue weighted by molar-refractivity contribution is -0.133. The SMILES string of the molecule is O=C(O)Oc1cc2c(Br)c(N3CCN(C(=O)C4CCCN4)CC3)ccc2o1. The molecular weight excluding hydrogens is 418 g/mol. The normalized spacial score (nSPS) is 20.3. The fraction of sp³-hybridized carbons (Fsp3) is 0.444. The van der Waals surface area contributed by atoms with Gasteiger partial charge in [0.2, 0.25) is 5.91 Å². The number of carbonyl (C=O) groups is 2. The van der Waals surface area contributed by atoms with Crippen molar-refractivity contribution in [1.29, 1.82) is 0 Å². The molecule has 0 saturated carbocycles. The number of nitrogens with one attached hydrogen (secondary N) is 1. The molecule has 9 heteroatoms. The minimum absolute atomic E-state index is 0.0294. The van der Waals surface area contributed by atoms with Crippen LogP contribution in [0.25, 0.3) is 11.0 Å². The Hall–Kier alpha value is -2.26. The number of hydrogen-bond donors (Lipinski definition) is 2. The highest BCUT2D eigenvalue weighted by atomic mass is 79.9. The first-order valence-electron chi connectivity index (χ1n) is 8.93. The summed E-state index contributed by atoms with van der Waals surface area (Å²) in [6.45, 7) is 3.75. The fourth-order valence-corrected chi connectivity index (χ4v) is 4.40. The number of carboxylic acid groups (broad SMARTS) is 1. The summed E-state index contributed by atoms with van der Waals surface area (Å²) in [5.74, 6) is 0.141. The molecule has 2 aliphatic rings. The largest absolute Gasteiger partial charge is 0.513 e. The highest BCUT2D eigenvalue weighted by molar-refractivity contribution is 9.10. The zero-order chi connectivity index (χ0) is 19.0. The van der Waals surface area contributed by atoms with E-state index in [4.69, 9.17) is 9.52 Å². The van der Waals surface area contributed by atoms with Crippen LogP contribution in [0.3, 0.4) is 0 Å². The van der Waals surface area contributed by atoms with E-state index in [1.807, 2.05) is 11.0 Å². The molecule has 3 heterocycles. The van der Waals surface area contributed by atoms with E-state index in [-0.39, 0.29) is 17.9 Å². The molecule has 1 aromatic heterocycles. The molecule has 2 aromatic rings. The maximum atomic E-state index is 12.5. The highest BCUT2D eigenvalue weighted by Crippen LogP contribution is 2.38. The van der Waals surface area contributed by atoms with Crippen LogP contribution >= 0.6 is 15.9 Å². The molecule has 1 aromatic carbocycles. The summed E-state index contributed by atoms with van der Waals surface area (Å²) in [4.78, 5) is 27.4. The minimum Gasteiger partial charge on any atom is -0.449 e. The van der Waals surface area contributed by atoms with Crippen molar-refractivity contribution in [3.8, 4) is 5.95 Å². The van der Waals surface area contributed by atoms with Crippen LogP contribution < -0.4 is 15.0 Å². The third kappa shape index (κ3) is 3.61. The smallest absolute Gasteiger partial charge is 0.449 e. The van der Waals surface area contributed by atoms with Gasteiger partial charge in [-0.15, -0.1) is 0 Å². The standard InChI is InChI=1S/C18H20BrN3O5/c19-16-11-10-15(27-18(24)25)26-14(11)4-3-13(16)21-6-8-22(9-7-21)17(23)12-2-1-5-20-12/h3-4,10,12,20H,1-2,5-9H2,(H,24,25). The Morgan fingerprint density at radius 3 is 2.70 bits per heavy atom. The lowest BCUT2D eigenvalue weighted by Crippen LogP contribution is -2.53. The molecule has 0 aliphatic carbocycles. The molecule has 144 valence electrons. The third-order valence-electron chi connectivity index (χ3n) is 5.07. The first-order valence-corrected chi connectivity index (χ1v) is 9.72. The summed E-state index contributed by atoms with van der Waals surface area (Å²) >= 11 is 3.60. The topological polar surface area (TPSA) is 95.3 Å². The van der Waals surface area contributed by atoms with E-state index >= 15 is 0 Å². The molecule has 2 fully saturated rings. The number of rotatable bonds is 3. The molecule has 0 spiro atoms. The van der Waals surface area contributed by atoms with E-state index in [1.165, 1.54) is 0 Å². The summed E-state index contributed by atoms with van der Waals surface area (Å²) in [6, 6.07) is 5.25. The molecule has 2 N–H and O–H groups in total. The Morgan fingerprint density at radius 2 is 2.04 bits per heavy atom. The summed E-state index contributed by atoms with van der Waals surface area (Å²) in [6.07, 6.45) is 0.562. The van der Waals surface area contributed by atoms with Crippen molar-refractivity contribution in [3.63, 3.8) is 0 Å². The molecule has 0 radical (unpaired) electrons. The number of ether oxygens (including phenoxy) is 1. The van der Waals surface area contributed by atoms with Gasteiger partial charge in [0.25, 0.3) is 5.95 Å². The van der Waals surface area contributed by atoms with Crippen LogP contribution in [0.15, 0.2) is 27.1 Å². The van der Waals surface area contributed by atoms with Crippen LogP contribution in [0, 0.1) is 0 Å². The molecule has 8 nitrogen and oxygen atoms in total. The lowest BCUT2D eigenvalue weighted by Gasteiger charge is -2.37. The molecule has 4 rings (SSSR count). The summed E-state index contributed by atoms with van der Waals surface area (Å²) in [5, 5.41) is 12.7. The predicted molar refractivity (Wildman–Crippen MR) is 102 cm³/mol. The lowest BCUT2D eigenvalue weighted by atomic mass is 10.1. The van der Waals surface area contributed by atoms with Crippen molar-refractivity contribution in [3.05, 3.63) is 22.7 Å². The number of furan rings is 1. The van der Waals surface area contributed by atoms with E-state index in [2.05, 4.69) is 30.9 Å². The van der Waals surface area contributed by atoms with Crippen molar-refractivity contribution >= 4 is 44.6 Å². The average Bonchev–Trinajstić information content (AvgIpc) is 3.31. The van der Waals surface area contributed by atoms with Gasteiger partial charge >= 0.3 is 6.16 Å². The molecule has 1 amide bonds. The predicted octanol–water partition coefficient (Wildman–Crippen LogP) is 2.65. The fourth-order valence-electron chi connectivity index (χ4n) is 3.71. The van der Waals surface area contributed by atoms with Crippen LogP contribution in [0.4, 0.5) is 10.5 Å². The van der Waals surface area contributed by atoms with E-state index in [0.29, 0.717) is 18.7 Å². The maximum Gasteiger partial charge on any atom is 0.513 e. The summed E-state index contributed by atoms with van der Waals surface area (Å²) in [7, 11) is 0. The number of hydrogen-bond acceptors (Lipinski definition) is 6. The van der Waals surface area contributed by atoms with Crippen LogP contribution in [-0.2, 0) is 4.79 Å². The quantitative estimate of drug-likeness (QED) is 0.712. The van der Waals surface area contributed by atoms with Gasteiger partial charge in [-0.3, -0.25) is 4.79 Å². The van der Waals surface area contributed by atoms with Gasteiger partial charge in [0.1, 0.15) is 5.58 Å². The Balaban J connectivity index is 1.47. The first-order chi connectivity index (χ1) is 13.0. The molecule has 0 bridgehead atoms. The van der Waals surface area contributed by atoms with E-state index in [0.717, 1.165) is 48.0 Å². The van der Waals surface area contributed by atoms with Crippen LogP contribution in [0.1, 0.15) is 12.8 Å². The van der Waals surface area contributed by atoms with Crippen molar-refractivity contribution in [2.45, 2.75) is 18.9 Å². The number of halogens is 1. The number of benzene rings is 1. The van der Waals surface area contributed by atoms with E-state index in [9.17, 15) is 9.59 Å². The molecule has 1 atom stereocenters. The summed E-state index contributed by atoms with van der Waals surface area (Å²) in [5.41, 5.74) is 1.53. The second-order valence-electron chi connectivity index (χ2n) is 6.71. The number of piperazine rings is 1. The Bertz CT molecular complexity index is 869. The Labute approximate surface area is 164 Å². The molecule has 2 aliphatic heterocycles. The van der Waals surface area contributed by atoms with Crippen molar-refractivity contribution < 1.29 is 23.8 Å². The third-order valence-corrected chi connectivity index (χ3v) is 5.90. The number of nitrogens with zero attached hydrogens (tertiary/aromatic N) is 2. The molecule has 2 saturated heterocycles. The number of carbonyl (C=O) groups excluding carboxylic acids is 1. The minimum atomic E-state index is -1.41. The number of anilines is 1. The monoisotopic (exact) mass is 437 g/mol. The zero-order valence-electron chi connectivity index (χ0n) is 14.6. The second kappa shape index (κ2) is 7.40. The Kier molecular flexibility index (Phi) is 4.96. The average molecular weight is 438 g/mol. The van der Waals surface area contributed by atoms with Gasteiger partial charge in [-0.2, -0.15) is 0 Å². The van der Waals surface area contributed by atoms with Crippen LogP contribution in [0.2, 0.25) is 0 Å². The zero-order valence-corrected chi connectivity index (χ0v) is 16.2. The van der Waals surface area contributed by atoms with Gasteiger partial charge in [-0.05, 0) is 47.4 Å². The van der Waals surface area contributed by atoms with E-state index < -0.39 is 6.16 Å². The summed E-state index contributed by atoms with van der Waals surface area (Å²) < 4.78 is 10.8. The van der Waals surface area contributed by atoms with Crippen LogP contribution in [-0.4, -0.2) is 60.8 Å². The maximum absolute atomic E-state index is 12.5. The number of fused-ring (bicyclic) bond motifs is 1. The number of amides is 1. The van der Waals surface area contributed by atoms with Gasteiger partial charge in [0, 0.05) is 37.6 Å². The van der Waals surface area contributed by atoms with E-state index in [1.54, 1.807) is 12.1 Å². The van der Waals surface area contributed by atoms with Crippen molar-refractivity contribution in [2.75, 3.05) is 37.6 Å². The van der Waals surface area contributed by atoms with Crippen molar-refractivity contribution in [1.82, 2.24) is 10.2 Å². The molecular formula is C18H20BrN3O5. The Morgan fingerprint density at radius 1 is 1.26 bits per heavy atom. The van der Waals surface area contributed by atoms with Gasteiger partial charge in [-0.1, -0.05) is 0 Å². The molecule has 1 unspecified atom stereocenters. The van der Waals surface area contributed by atoms with Crippen LogP contribution in [0.5, 0.6) is 5.95 Å². The second-order valence-corrected chi connectivity index (χ2v) is 7.50. The molecule has 27 heavy (non-hydrogen) atoms. The highest BCUT2D eigenvalue weighted by Gasteiger charge is 2.29. The van der Waals surface area contributed by atoms with Gasteiger partial charge < -0.3 is 29.4 Å². The van der Waals surface area contributed by atoms with Gasteiger partial charge in [-0.25, -0.2) is 4.79 Å². The van der Waals surface area contributed by atoms with Crippen molar-refractivity contribution in [2.24, 2.45) is 0 Å². The van der Waals surface area contributed by atoms with Gasteiger partial charge in [0.05, 0.1) is 16.2 Å².